The van der Waals surface area contributed by atoms with Crippen LogP contribution >= 0.6 is 0 Å². The first-order valence-electron chi connectivity index (χ1n) is 7.84. The average molecular weight is 317 g/mol. The predicted octanol–water partition coefficient (Wildman–Crippen LogP) is 0.306. The Bertz CT molecular complexity index is 472. The summed E-state index contributed by atoms with van der Waals surface area (Å²) in [7, 11) is -3.22. The largest absolute Gasteiger partial charge is 0.341 e. The molecule has 2 fully saturated rings. The molecule has 2 rings (SSSR count). The Morgan fingerprint density at radius 1 is 1.48 bits per heavy atom. The Morgan fingerprint density at radius 2 is 2.24 bits per heavy atom. The van der Waals surface area contributed by atoms with E-state index in [1.165, 1.54) is 6.26 Å². The number of carbonyl (C=O) groups is 1. The van der Waals surface area contributed by atoms with E-state index in [2.05, 4.69) is 17.0 Å². The van der Waals surface area contributed by atoms with Gasteiger partial charge in [-0.1, -0.05) is 13.3 Å². The molecule has 122 valence electrons. The molecule has 0 aromatic rings. The lowest BCUT2D eigenvalue weighted by molar-refractivity contribution is -0.143. The molecule has 2 N–H and O–H groups in total. The normalized spacial score (nSPS) is 30.6. The van der Waals surface area contributed by atoms with E-state index >= 15 is 0 Å². The molecule has 2 aliphatic heterocycles. The fourth-order valence-electron chi connectivity index (χ4n) is 3.62. The van der Waals surface area contributed by atoms with Crippen LogP contribution in [0.2, 0.25) is 0 Å². The lowest BCUT2D eigenvalue weighted by atomic mass is 9.80. The van der Waals surface area contributed by atoms with Crippen molar-refractivity contribution in [1.29, 1.82) is 0 Å². The molecule has 0 spiro atoms. The minimum absolute atomic E-state index is 0.147. The fourth-order valence-corrected chi connectivity index (χ4v) is 4.42. The summed E-state index contributed by atoms with van der Waals surface area (Å²) in [5.41, 5.74) is -0.276. The Kier molecular flexibility index (Phi) is 5.27. The van der Waals surface area contributed by atoms with Crippen LogP contribution in [0.25, 0.3) is 0 Å². The van der Waals surface area contributed by atoms with E-state index in [0.717, 1.165) is 51.7 Å². The van der Waals surface area contributed by atoms with Gasteiger partial charge in [-0.25, -0.2) is 13.1 Å². The van der Waals surface area contributed by atoms with Crippen LogP contribution in [0.1, 0.15) is 39.0 Å². The second-order valence-electron chi connectivity index (χ2n) is 6.44. The second-order valence-corrected chi connectivity index (χ2v) is 8.22. The maximum atomic E-state index is 12.9. The number of likely N-dealkylation sites (tertiary alicyclic amines) is 1. The van der Waals surface area contributed by atoms with Gasteiger partial charge >= 0.3 is 0 Å². The van der Waals surface area contributed by atoms with E-state index in [0.29, 0.717) is 6.54 Å². The molecule has 0 saturated carbocycles. The van der Waals surface area contributed by atoms with E-state index < -0.39 is 10.0 Å². The molecule has 7 heteroatoms. The van der Waals surface area contributed by atoms with E-state index in [1.54, 1.807) is 0 Å². The number of nitrogens with zero attached hydrogens (tertiary/aromatic N) is 1. The molecule has 6 nitrogen and oxygen atoms in total. The maximum absolute atomic E-state index is 12.9. The lowest BCUT2D eigenvalue weighted by Gasteiger charge is -2.38. The molecule has 2 unspecified atom stereocenters. The van der Waals surface area contributed by atoms with Crippen molar-refractivity contribution < 1.29 is 13.2 Å². The summed E-state index contributed by atoms with van der Waals surface area (Å²) in [5.74, 6) is 0.203. The van der Waals surface area contributed by atoms with Crippen molar-refractivity contribution in [2.24, 2.45) is 5.41 Å². The quantitative estimate of drug-likeness (QED) is 0.765. The summed E-state index contributed by atoms with van der Waals surface area (Å²) in [6.45, 7) is 4.99. The van der Waals surface area contributed by atoms with Gasteiger partial charge in [0, 0.05) is 25.7 Å². The molecule has 1 amide bonds. The number of sulfonamides is 1. The van der Waals surface area contributed by atoms with E-state index in [9.17, 15) is 13.2 Å². The zero-order chi connectivity index (χ0) is 15.5. The minimum Gasteiger partial charge on any atom is -0.341 e. The van der Waals surface area contributed by atoms with Crippen molar-refractivity contribution in [2.45, 2.75) is 45.1 Å². The Balaban J connectivity index is 2.04. The fraction of sp³-hybridized carbons (Fsp3) is 0.929. The van der Waals surface area contributed by atoms with Crippen molar-refractivity contribution in [1.82, 2.24) is 14.9 Å². The van der Waals surface area contributed by atoms with Crippen LogP contribution in [0.15, 0.2) is 0 Å². The second kappa shape index (κ2) is 6.62. The van der Waals surface area contributed by atoms with Crippen molar-refractivity contribution >= 4 is 15.9 Å². The molecule has 2 heterocycles. The van der Waals surface area contributed by atoms with E-state index in [-0.39, 0.29) is 17.4 Å². The highest BCUT2D eigenvalue weighted by atomic mass is 32.2. The predicted molar refractivity (Wildman–Crippen MR) is 82.4 cm³/mol. The summed E-state index contributed by atoms with van der Waals surface area (Å²) in [4.78, 5) is 14.8. The van der Waals surface area contributed by atoms with Gasteiger partial charge in [0.25, 0.3) is 0 Å². The number of rotatable bonds is 5. The number of piperidine rings is 1. The molecule has 0 aromatic heterocycles. The number of hydrogen-bond donors (Lipinski definition) is 2. The van der Waals surface area contributed by atoms with Gasteiger partial charge < -0.3 is 10.2 Å². The number of nitrogens with one attached hydrogen (secondary N) is 2. The van der Waals surface area contributed by atoms with Gasteiger partial charge in [0.15, 0.2) is 0 Å². The van der Waals surface area contributed by atoms with Gasteiger partial charge in [-0.05, 0) is 32.2 Å². The smallest absolute Gasteiger partial charge is 0.230 e. The molecule has 0 bridgehead atoms. The standard InChI is InChI=1S/C14H27N3O3S/c1-3-6-14(7-8-15-11-14)13(18)17-9-4-5-12(10-17)16-21(2,19)20/h12,15-16H,3-11H2,1-2H3. The third-order valence-corrected chi connectivity index (χ3v) is 5.28. The van der Waals surface area contributed by atoms with Crippen molar-refractivity contribution in [3.8, 4) is 0 Å². The van der Waals surface area contributed by atoms with Crippen LogP contribution in [0, 0.1) is 5.41 Å². The minimum atomic E-state index is -3.22. The zero-order valence-corrected chi connectivity index (χ0v) is 13.8. The Morgan fingerprint density at radius 3 is 2.81 bits per heavy atom. The molecule has 2 atom stereocenters. The molecule has 0 radical (unpaired) electrons. The van der Waals surface area contributed by atoms with Gasteiger partial charge in [0.1, 0.15) is 0 Å². The third kappa shape index (κ3) is 4.17. The molecular weight excluding hydrogens is 290 g/mol. The summed E-state index contributed by atoms with van der Waals surface area (Å²) in [5, 5.41) is 3.31. The average Bonchev–Trinajstić information content (AvgIpc) is 2.86. The van der Waals surface area contributed by atoms with Crippen LogP contribution in [-0.4, -0.2) is 57.7 Å². The van der Waals surface area contributed by atoms with Crippen LogP contribution in [0.5, 0.6) is 0 Å². The number of carbonyl (C=O) groups excluding carboxylic acids is 1. The zero-order valence-electron chi connectivity index (χ0n) is 13.0. The molecular formula is C14H27N3O3S. The molecule has 2 aliphatic rings. The van der Waals surface area contributed by atoms with Crippen LogP contribution in [0.3, 0.4) is 0 Å². The van der Waals surface area contributed by atoms with Crippen LogP contribution in [-0.2, 0) is 14.8 Å². The summed E-state index contributed by atoms with van der Waals surface area (Å²) < 4.78 is 25.4. The number of hydrogen-bond acceptors (Lipinski definition) is 4. The molecule has 0 aliphatic carbocycles. The van der Waals surface area contributed by atoms with Gasteiger partial charge in [0.2, 0.25) is 15.9 Å². The van der Waals surface area contributed by atoms with Crippen LogP contribution < -0.4 is 10.0 Å². The van der Waals surface area contributed by atoms with Gasteiger partial charge in [-0.3, -0.25) is 4.79 Å². The highest BCUT2D eigenvalue weighted by Gasteiger charge is 2.43. The van der Waals surface area contributed by atoms with Gasteiger partial charge in [-0.15, -0.1) is 0 Å². The van der Waals surface area contributed by atoms with E-state index in [1.807, 2.05) is 4.90 Å². The van der Waals surface area contributed by atoms with Crippen molar-refractivity contribution in [3.05, 3.63) is 0 Å². The van der Waals surface area contributed by atoms with Gasteiger partial charge in [-0.2, -0.15) is 0 Å². The van der Waals surface area contributed by atoms with Crippen LogP contribution in [0.4, 0.5) is 0 Å². The Hall–Kier alpha value is -0.660. The lowest BCUT2D eigenvalue weighted by Crippen LogP contribution is -2.53. The third-order valence-electron chi connectivity index (χ3n) is 4.52. The molecule has 0 aromatic carbocycles. The monoisotopic (exact) mass is 317 g/mol. The highest BCUT2D eigenvalue weighted by Crippen LogP contribution is 2.34. The molecule has 21 heavy (non-hydrogen) atoms. The summed E-state index contributed by atoms with van der Waals surface area (Å²) in [6.07, 6.45) is 5.61. The first kappa shape index (κ1) is 16.7. The summed E-state index contributed by atoms with van der Waals surface area (Å²) >= 11 is 0. The van der Waals surface area contributed by atoms with Crippen molar-refractivity contribution in [3.63, 3.8) is 0 Å². The summed E-state index contributed by atoms with van der Waals surface area (Å²) in [6, 6.07) is -0.147. The molecule has 2 saturated heterocycles. The van der Waals surface area contributed by atoms with Crippen molar-refractivity contribution in [2.75, 3.05) is 32.4 Å². The first-order valence-corrected chi connectivity index (χ1v) is 9.73. The van der Waals surface area contributed by atoms with E-state index in [4.69, 9.17) is 0 Å². The number of amides is 1. The first-order chi connectivity index (χ1) is 9.86. The SMILES string of the molecule is CCCC1(C(=O)N2CCCC(NS(C)(=O)=O)C2)CCNC1. The topological polar surface area (TPSA) is 78.5 Å². The highest BCUT2D eigenvalue weighted by molar-refractivity contribution is 7.88. The van der Waals surface area contributed by atoms with Gasteiger partial charge in [0.05, 0.1) is 11.7 Å². The maximum Gasteiger partial charge on any atom is 0.230 e. The Labute approximate surface area is 127 Å².